The van der Waals surface area contributed by atoms with E-state index in [1.54, 1.807) is 0 Å². The lowest BCUT2D eigenvalue weighted by Crippen LogP contribution is -2.52. The van der Waals surface area contributed by atoms with Crippen molar-refractivity contribution in [2.45, 2.75) is 25.9 Å². The number of rotatable bonds is 4. The number of aromatic nitrogens is 1. The lowest BCUT2D eigenvalue weighted by molar-refractivity contribution is -0.192. The molecule has 1 amide bonds. The van der Waals surface area contributed by atoms with E-state index in [0.717, 1.165) is 88.8 Å². The van der Waals surface area contributed by atoms with Gasteiger partial charge in [-0.15, -0.1) is 0 Å². The number of nitrogens with zero attached hydrogens (tertiary/aromatic N) is 5. The summed E-state index contributed by atoms with van der Waals surface area (Å²) in [6.07, 6.45) is -2.70. The minimum atomic E-state index is -5.08. The summed E-state index contributed by atoms with van der Waals surface area (Å²) in [5.41, 5.74) is 7.00. The fourth-order valence-corrected chi connectivity index (χ4v) is 4.33. The van der Waals surface area contributed by atoms with Crippen molar-refractivity contribution in [3.63, 3.8) is 0 Å². The van der Waals surface area contributed by atoms with Crippen molar-refractivity contribution in [1.29, 1.82) is 0 Å². The molecule has 0 radical (unpaired) electrons. The number of piperazine rings is 1. The first-order chi connectivity index (χ1) is 17.0. The van der Waals surface area contributed by atoms with Crippen LogP contribution in [0.3, 0.4) is 0 Å². The molecule has 36 heavy (non-hydrogen) atoms. The Morgan fingerprint density at radius 3 is 2.17 bits per heavy atom. The summed E-state index contributed by atoms with van der Waals surface area (Å²) in [4.78, 5) is 35.2. The second kappa shape index (κ2) is 12.4. The van der Waals surface area contributed by atoms with Crippen molar-refractivity contribution in [1.82, 2.24) is 14.8 Å². The van der Waals surface area contributed by atoms with Crippen LogP contribution in [-0.4, -0.2) is 110 Å². The molecule has 3 saturated heterocycles. The van der Waals surface area contributed by atoms with Crippen LogP contribution >= 0.6 is 0 Å². The van der Waals surface area contributed by atoms with Crippen LogP contribution in [-0.2, 0) is 14.3 Å². The SMILES string of the molecule is CC1CCN(c2nc(N3CCN(C(=O)CN4CCOCC4)CC3)ccc2N)CC1.O=C(O)C(F)(F)F. The van der Waals surface area contributed by atoms with E-state index in [0.29, 0.717) is 6.54 Å². The Labute approximate surface area is 208 Å². The van der Waals surface area contributed by atoms with Crippen molar-refractivity contribution in [2.24, 2.45) is 5.92 Å². The van der Waals surface area contributed by atoms with Gasteiger partial charge in [-0.2, -0.15) is 13.2 Å². The maximum atomic E-state index is 12.6. The topological polar surface area (TPSA) is 115 Å². The number of halogens is 3. The third-order valence-corrected chi connectivity index (χ3v) is 6.64. The first kappa shape index (κ1) is 27.8. The van der Waals surface area contributed by atoms with Gasteiger partial charge in [0.1, 0.15) is 5.82 Å². The summed E-state index contributed by atoms with van der Waals surface area (Å²) in [5, 5.41) is 7.12. The zero-order chi connectivity index (χ0) is 26.3. The predicted octanol–water partition coefficient (Wildman–Crippen LogP) is 1.51. The highest BCUT2D eigenvalue weighted by atomic mass is 19.4. The Kier molecular flexibility index (Phi) is 9.60. The maximum Gasteiger partial charge on any atom is 0.490 e. The number of carbonyl (C=O) groups is 2. The third-order valence-electron chi connectivity index (χ3n) is 6.64. The average molecular weight is 517 g/mol. The molecule has 0 aliphatic carbocycles. The van der Waals surface area contributed by atoms with Crippen molar-refractivity contribution in [3.05, 3.63) is 12.1 Å². The molecule has 3 N–H and O–H groups in total. The lowest BCUT2D eigenvalue weighted by atomic mass is 9.99. The monoisotopic (exact) mass is 516 g/mol. The van der Waals surface area contributed by atoms with Crippen molar-refractivity contribution in [3.8, 4) is 0 Å². The number of nitrogens with two attached hydrogens (primary N) is 1. The van der Waals surface area contributed by atoms with Gasteiger partial charge in [0.25, 0.3) is 0 Å². The number of alkyl halides is 3. The molecule has 0 unspecified atom stereocenters. The van der Waals surface area contributed by atoms with E-state index < -0.39 is 12.1 Å². The molecular formula is C23H35F3N6O4. The number of pyridine rings is 1. The first-order valence-electron chi connectivity index (χ1n) is 12.2. The quantitative estimate of drug-likeness (QED) is 0.615. The summed E-state index contributed by atoms with van der Waals surface area (Å²) in [6, 6.07) is 3.99. The van der Waals surface area contributed by atoms with Crippen LogP contribution < -0.4 is 15.5 Å². The fraction of sp³-hybridized carbons (Fsp3) is 0.696. The van der Waals surface area contributed by atoms with E-state index >= 15 is 0 Å². The van der Waals surface area contributed by atoms with Gasteiger partial charge in [-0.1, -0.05) is 6.92 Å². The van der Waals surface area contributed by atoms with Gasteiger partial charge < -0.3 is 30.3 Å². The molecular weight excluding hydrogens is 481 g/mol. The first-order valence-corrected chi connectivity index (χ1v) is 12.2. The molecule has 3 aliphatic rings. The van der Waals surface area contributed by atoms with Gasteiger partial charge in [-0.05, 0) is 30.9 Å². The van der Waals surface area contributed by atoms with Crippen molar-refractivity contribution >= 4 is 29.2 Å². The molecule has 0 spiro atoms. The van der Waals surface area contributed by atoms with E-state index in [4.69, 9.17) is 25.4 Å². The Balaban J connectivity index is 0.000000454. The van der Waals surface area contributed by atoms with Gasteiger partial charge in [-0.3, -0.25) is 9.69 Å². The number of hydrogen-bond donors (Lipinski definition) is 2. The van der Waals surface area contributed by atoms with E-state index in [1.165, 1.54) is 12.8 Å². The average Bonchev–Trinajstić information content (AvgIpc) is 2.85. The van der Waals surface area contributed by atoms with Crippen molar-refractivity contribution < 1.29 is 32.6 Å². The number of carboxylic acids is 1. The van der Waals surface area contributed by atoms with Crippen LogP contribution in [0.2, 0.25) is 0 Å². The molecule has 1 aromatic heterocycles. The molecule has 0 atom stereocenters. The molecule has 13 heteroatoms. The number of nitrogen functional groups attached to an aromatic ring is 1. The molecule has 10 nitrogen and oxygen atoms in total. The lowest BCUT2D eigenvalue weighted by Gasteiger charge is -2.37. The molecule has 0 saturated carbocycles. The fourth-order valence-electron chi connectivity index (χ4n) is 4.33. The minimum Gasteiger partial charge on any atom is -0.475 e. The van der Waals surface area contributed by atoms with Crippen LogP contribution in [0.1, 0.15) is 19.8 Å². The number of piperidine rings is 1. The van der Waals surface area contributed by atoms with Crippen LogP contribution in [0.25, 0.3) is 0 Å². The normalized spacial score (nSPS) is 20.1. The molecule has 1 aromatic rings. The largest absolute Gasteiger partial charge is 0.490 e. The number of carbonyl (C=O) groups excluding carboxylic acids is 1. The highest BCUT2D eigenvalue weighted by molar-refractivity contribution is 5.78. The van der Waals surface area contributed by atoms with Crippen LogP contribution in [0.4, 0.5) is 30.5 Å². The van der Waals surface area contributed by atoms with Gasteiger partial charge in [-0.25, -0.2) is 9.78 Å². The van der Waals surface area contributed by atoms with Gasteiger partial charge in [0.15, 0.2) is 5.82 Å². The summed E-state index contributed by atoms with van der Waals surface area (Å²) < 4.78 is 37.1. The van der Waals surface area contributed by atoms with E-state index in [2.05, 4.69) is 21.6 Å². The molecule has 4 rings (SSSR count). The molecule has 0 aromatic carbocycles. The molecule has 3 aliphatic heterocycles. The Bertz CT molecular complexity index is 881. The van der Waals surface area contributed by atoms with Gasteiger partial charge in [0.05, 0.1) is 25.4 Å². The molecule has 3 fully saturated rings. The Morgan fingerprint density at radius 2 is 1.61 bits per heavy atom. The molecule has 202 valence electrons. The Hall–Kier alpha value is -2.80. The summed E-state index contributed by atoms with van der Waals surface area (Å²) in [5.74, 6) is 0.125. The maximum absolute atomic E-state index is 12.6. The van der Waals surface area contributed by atoms with E-state index in [9.17, 15) is 18.0 Å². The van der Waals surface area contributed by atoms with Gasteiger partial charge in [0, 0.05) is 52.4 Å². The number of amides is 1. The standard InChI is InChI=1S/C21H34N6O2.C2HF3O2/c1-17-4-6-27(7-5-17)21-18(22)2-3-19(23-21)25-8-10-26(11-9-25)20(28)16-24-12-14-29-15-13-24;3-2(4,5)1(6)7/h2-3,17H,4-16,22H2,1H3;(H,6,7). The van der Waals surface area contributed by atoms with Gasteiger partial charge in [0.2, 0.25) is 5.91 Å². The van der Waals surface area contributed by atoms with Crippen molar-refractivity contribution in [2.75, 3.05) is 87.7 Å². The highest BCUT2D eigenvalue weighted by Crippen LogP contribution is 2.29. The molecule has 4 heterocycles. The second-order valence-corrected chi connectivity index (χ2v) is 9.31. The highest BCUT2D eigenvalue weighted by Gasteiger charge is 2.38. The van der Waals surface area contributed by atoms with Crippen LogP contribution in [0.15, 0.2) is 12.1 Å². The zero-order valence-corrected chi connectivity index (χ0v) is 20.5. The second-order valence-electron chi connectivity index (χ2n) is 9.31. The summed E-state index contributed by atoms with van der Waals surface area (Å²) >= 11 is 0. The number of ether oxygens (including phenoxy) is 1. The molecule has 0 bridgehead atoms. The summed E-state index contributed by atoms with van der Waals surface area (Å²) in [7, 11) is 0. The minimum absolute atomic E-state index is 0.222. The third kappa shape index (κ3) is 7.85. The number of morpholine rings is 1. The number of hydrogen-bond acceptors (Lipinski definition) is 8. The zero-order valence-electron chi connectivity index (χ0n) is 20.5. The van der Waals surface area contributed by atoms with Gasteiger partial charge >= 0.3 is 12.1 Å². The smallest absolute Gasteiger partial charge is 0.475 e. The van der Waals surface area contributed by atoms with Crippen LogP contribution in [0, 0.1) is 5.92 Å². The summed E-state index contributed by atoms with van der Waals surface area (Å²) in [6.45, 7) is 11.1. The van der Waals surface area contributed by atoms with Crippen LogP contribution in [0.5, 0.6) is 0 Å². The number of aliphatic carboxylic acids is 1. The predicted molar refractivity (Wildman–Crippen MR) is 129 cm³/mol. The van der Waals surface area contributed by atoms with E-state index in [-0.39, 0.29) is 5.91 Å². The van der Waals surface area contributed by atoms with E-state index in [1.807, 2.05) is 17.0 Å². The number of anilines is 3. The number of carboxylic acid groups (broad SMARTS) is 1. The Morgan fingerprint density at radius 1 is 1.03 bits per heavy atom.